The van der Waals surface area contributed by atoms with Gasteiger partial charge in [-0.2, -0.15) is 0 Å². The van der Waals surface area contributed by atoms with E-state index in [-0.39, 0.29) is 30.2 Å². The number of anilines is 1. The molecule has 2 heterocycles. The van der Waals surface area contributed by atoms with Gasteiger partial charge in [-0.15, -0.1) is 11.8 Å². The van der Waals surface area contributed by atoms with Crippen molar-refractivity contribution in [2.24, 2.45) is 11.3 Å². The molecule has 10 heteroatoms. The van der Waals surface area contributed by atoms with Crippen molar-refractivity contribution in [3.8, 4) is 11.5 Å². The lowest BCUT2D eigenvalue weighted by atomic mass is 9.94. The van der Waals surface area contributed by atoms with Crippen LogP contribution in [0, 0.1) is 11.3 Å². The Bertz CT molecular complexity index is 1290. The molecule has 41 heavy (non-hydrogen) atoms. The van der Waals surface area contributed by atoms with Gasteiger partial charge in [0.25, 0.3) is 5.91 Å². The molecular weight excluding hydrogens is 544 g/mol. The third-order valence-corrected chi connectivity index (χ3v) is 8.21. The van der Waals surface area contributed by atoms with Crippen molar-refractivity contribution in [2.75, 3.05) is 45.0 Å². The first-order valence-corrected chi connectivity index (χ1v) is 15.1. The van der Waals surface area contributed by atoms with Gasteiger partial charge in [-0.25, -0.2) is 0 Å². The van der Waals surface area contributed by atoms with Crippen molar-refractivity contribution >= 4 is 35.2 Å². The molecule has 3 unspecified atom stereocenters. The number of ether oxygens (including phenoxy) is 3. The number of hydrogen-bond donors (Lipinski definition) is 1. The van der Waals surface area contributed by atoms with Gasteiger partial charge in [-0.3, -0.25) is 14.4 Å². The molecule has 0 radical (unpaired) electrons. The van der Waals surface area contributed by atoms with Gasteiger partial charge in [0.1, 0.15) is 12.2 Å². The van der Waals surface area contributed by atoms with Crippen LogP contribution in [0.1, 0.15) is 57.3 Å². The molecule has 2 aromatic carbocycles. The Morgan fingerprint density at radius 2 is 1.88 bits per heavy atom. The van der Waals surface area contributed by atoms with Gasteiger partial charge < -0.3 is 29.1 Å². The van der Waals surface area contributed by atoms with Crippen molar-refractivity contribution < 1.29 is 33.7 Å². The number of piperidine rings is 1. The summed E-state index contributed by atoms with van der Waals surface area (Å²) in [6, 6.07) is 11.5. The molecule has 2 aliphatic rings. The molecule has 0 saturated carbocycles. The van der Waals surface area contributed by atoms with E-state index in [1.807, 2.05) is 36.6 Å². The van der Waals surface area contributed by atoms with E-state index < -0.39 is 24.1 Å². The van der Waals surface area contributed by atoms with Crippen molar-refractivity contribution in [1.82, 2.24) is 4.90 Å². The van der Waals surface area contributed by atoms with Crippen LogP contribution >= 0.6 is 11.8 Å². The molecule has 0 aromatic heterocycles. The number of para-hydroxylation sites is 1. The first-order chi connectivity index (χ1) is 19.5. The zero-order valence-electron chi connectivity index (χ0n) is 24.6. The molecule has 2 aliphatic heterocycles. The highest BCUT2D eigenvalue weighted by Crippen LogP contribution is 2.46. The summed E-state index contributed by atoms with van der Waals surface area (Å²) in [5, 5.41) is 9.53. The second kappa shape index (κ2) is 12.7. The van der Waals surface area contributed by atoms with E-state index in [4.69, 9.17) is 14.2 Å². The average molecular weight is 585 g/mol. The Morgan fingerprint density at radius 3 is 2.51 bits per heavy atom. The monoisotopic (exact) mass is 584 g/mol. The van der Waals surface area contributed by atoms with E-state index in [1.54, 1.807) is 41.8 Å². The summed E-state index contributed by atoms with van der Waals surface area (Å²) in [7, 11) is 3.12. The third-order valence-electron chi connectivity index (χ3n) is 7.48. The molecule has 0 spiro atoms. The van der Waals surface area contributed by atoms with Crippen LogP contribution in [-0.2, 0) is 19.1 Å². The summed E-state index contributed by atoms with van der Waals surface area (Å²) in [6.45, 7) is 7.18. The molecule has 0 aliphatic carbocycles. The fourth-order valence-electron chi connectivity index (χ4n) is 5.53. The second-order valence-electron chi connectivity index (χ2n) is 11.7. The van der Waals surface area contributed by atoms with Crippen molar-refractivity contribution in [2.45, 2.75) is 57.1 Å². The Labute approximate surface area is 246 Å². The van der Waals surface area contributed by atoms with Crippen LogP contribution in [0.3, 0.4) is 0 Å². The molecular formula is C31H40N2O7S. The topological polar surface area (TPSA) is 106 Å². The van der Waals surface area contributed by atoms with Crippen molar-refractivity contribution in [3.63, 3.8) is 0 Å². The zero-order valence-corrected chi connectivity index (χ0v) is 25.5. The minimum Gasteiger partial charge on any atom is -0.493 e. The van der Waals surface area contributed by atoms with E-state index in [0.29, 0.717) is 43.0 Å². The Morgan fingerprint density at radius 1 is 1.12 bits per heavy atom. The number of aliphatic carboxylic acids is 1. The van der Waals surface area contributed by atoms with Crippen LogP contribution < -0.4 is 14.4 Å². The fourth-order valence-corrected chi connectivity index (χ4v) is 5.98. The SMILES string of the molecule is COc1cccc(C2OC(CC(=O)N3CCCC(C(=O)O)C3)C(=O)N(CC(C)(C)C)c3ccc(SC)cc32)c1OC. The third kappa shape index (κ3) is 6.81. The number of nitrogens with zero attached hydrogens (tertiary/aromatic N) is 2. The first-order valence-electron chi connectivity index (χ1n) is 13.8. The summed E-state index contributed by atoms with van der Waals surface area (Å²) in [5.41, 5.74) is 1.95. The molecule has 2 amide bonds. The smallest absolute Gasteiger partial charge is 0.308 e. The molecule has 9 nitrogen and oxygen atoms in total. The zero-order chi connectivity index (χ0) is 29.9. The Hall–Kier alpha value is -3.24. The predicted octanol–water partition coefficient (Wildman–Crippen LogP) is 5.01. The summed E-state index contributed by atoms with van der Waals surface area (Å²) in [6.07, 6.45) is 1.09. The first kappa shape index (κ1) is 30.7. The van der Waals surface area contributed by atoms with Gasteiger partial charge in [0.15, 0.2) is 11.5 Å². The fraction of sp³-hybridized carbons (Fsp3) is 0.516. The lowest BCUT2D eigenvalue weighted by molar-refractivity contribution is -0.148. The summed E-state index contributed by atoms with van der Waals surface area (Å²) < 4.78 is 18.0. The van der Waals surface area contributed by atoms with Crippen LogP contribution in [0.25, 0.3) is 0 Å². The maximum atomic E-state index is 14.3. The van der Waals surface area contributed by atoms with E-state index in [0.717, 1.165) is 16.1 Å². The molecule has 1 N–H and O–H groups in total. The molecule has 222 valence electrons. The highest BCUT2D eigenvalue weighted by Gasteiger charge is 2.41. The highest BCUT2D eigenvalue weighted by molar-refractivity contribution is 7.98. The van der Waals surface area contributed by atoms with E-state index >= 15 is 0 Å². The minimum atomic E-state index is -1.10. The van der Waals surface area contributed by atoms with Gasteiger partial charge in [-0.1, -0.05) is 32.9 Å². The standard InChI is InChI=1S/C31H40N2O7S/c1-31(2,3)18-33-23-13-12-20(41-6)15-22(23)27(21-10-7-11-24(38-4)28(21)39-5)40-25(29(33)35)16-26(34)32-14-8-9-19(17-32)30(36)37/h7,10-13,15,19,25,27H,8-9,14,16-18H2,1-6H3,(H,36,37). The van der Waals surface area contributed by atoms with Gasteiger partial charge in [0.2, 0.25) is 5.91 Å². The van der Waals surface area contributed by atoms with Crippen molar-refractivity contribution in [3.05, 3.63) is 47.5 Å². The number of hydrogen-bond acceptors (Lipinski definition) is 7. The minimum absolute atomic E-state index is 0.130. The molecule has 3 atom stereocenters. The van der Waals surface area contributed by atoms with Gasteiger partial charge >= 0.3 is 5.97 Å². The summed E-state index contributed by atoms with van der Waals surface area (Å²) >= 11 is 1.59. The second-order valence-corrected chi connectivity index (χ2v) is 12.6. The molecule has 0 bridgehead atoms. The number of carboxylic acids is 1. The van der Waals surface area contributed by atoms with Gasteiger partial charge in [0.05, 0.1) is 26.6 Å². The van der Waals surface area contributed by atoms with Crippen LogP contribution in [0.4, 0.5) is 5.69 Å². The number of carboxylic acid groups (broad SMARTS) is 1. The molecule has 1 saturated heterocycles. The lowest BCUT2D eigenvalue weighted by Gasteiger charge is -2.33. The number of carbonyl (C=O) groups is 3. The molecule has 2 aromatic rings. The summed E-state index contributed by atoms with van der Waals surface area (Å²) in [4.78, 5) is 43.7. The van der Waals surface area contributed by atoms with Crippen LogP contribution in [0.15, 0.2) is 41.3 Å². The number of fused-ring (bicyclic) bond motifs is 1. The number of likely N-dealkylation sites (tertiary alicyclic amines) is 1. The predicted molar refractivity (Wildman–Crippen MR) is 158 cm³/mol. The highest BCUT2D eigenvalue weighted by atomic mass is 32.2. The Balaban J connectivity index is 1.82. The Kier molecular flexibility index (Phi) is 9.54. The van der Waals surface area contributed by atoms with Crippen molar-refractivity contribution in [1.29, 1.82) is 0 Å². The van der Waals surface area contributed by atoms with Crippen LogP contribution in [0.2, 0.25) is 0 Å². The van der Waals surface area contributed by atoms with Gasteiger partial charge in [0, 0.05) is 41.3 Å². The van der Waals surface area contributed by atoms with E-state index in [1.165, 1.54) is 0 Å². The average Bonchev–Trinajstić information content (AvgIpc) is 3.06. The maximum absolute atomic E-state index is 14.3. The maximum Gasteiger partial charge on any atom is 0.308 e. The summed E-state index contributed by atoms with van der Waals surface area (Å²) in [5.74, 6) is -1.11. The van der Waals surface area contributed by atoms with Crippen LogP contribution in [-0.4, -0.2) is 74.0 Å². The molecule has 4 rings (SSSR count). The number of benzene rings is 2. The lowest BCUT2D eigenvalue weighted by Crippen LogP contribution is -2.47. The van der Waals surface area contributed by atoms with Crippen LogP contribution in [0.5, 0.6) is 11.5 Å². The van der Waals surface area contributed by atoms with Gasteiger partial charge in [-0.05, 0) is 48.8 Å². The largest absolute Gasteiger partial charge is 0.493 e. The molecule has 1 fully saturated rings. The number of thioether (sulfide) groups is 1. The quantitative estimate of drug-likeness (QED) is 0.432. The number of rotatable bonds is 8. The number of carbonyl (C=O) groups excluding carboxylic acids is 2. The normalized spacial score (nSPS) is 21.2. The number of amides is 2. The van der Waals surface area contributed by atoms with E-state index in [9.17, 15) is 19.5 Å². The van der Waals surface area contributed by atoms with E-state index in [2.05, 4.69) is 20.8 Å². The number of methoxy groups -OCH3 is 2.